The third kappa shape index (κ3) is 5.13. The Hall–Kier alpha value is -4.15. The molecule has 1 atom stereocenters. The third-order valence-electron chi connectivity index (χ3n) is 6.68. The molecule has 0 radical (unpaired) electrons. The molecule has 5 rings (SSSR count). The summed E-state index contributed by atoms with van der Waals surface area (Å²) in [7, 11) is 1.66. The Morgan fingerprint density at radius 3 is 2.55 bits per heavy atom. The molecule has 0 aliphatic carbocycles. The zero-order chi connectivity index (χ0) is 26.8. The summed E-state index contributed by atoms with van der Waals surface area (Å²) in [6, 6.07) is 19.8. The van der Waals surface area contributed by atoms with Crippen molar-refractivity contribution in [2.24, 2.45) is 7.05 Å². The molecule has 0 bridgehead atoms. The molecule has 4 aromatic rings. The normalized spacial score (nSPS) is 15.5. The van der Waals surface area contributed by atoms with Gasteiger partial charge in [0.15, 0.2) is 0 Å². The highest BCUT2D eigenvalue weighted by atomic mass is 32.2. The second kappa shape index (κ2) is 10.7. The fourth-order valence-corrected chi connectivity index (χ4v) is 5.17. The number of aryl methyl sites for hydroxylation is 1. The number of imidazole rings is 1. The number of carbonyl (C=O) groups is 3. The number of nitrogens with one attached hydrogen (secondary N) is 2. The summed E-state index contributed by atoms with van der Waals surface area (Å²) in [5.74, 6) is -0.511. The highest BCUT2D eigenvalue weighted by molar-refractivity contribution is 7.92. The number of anilines is 1. The molecular formula is C28H26N4O5S. The Labute approximate surface area is 222 Å². The molecule has 10 heteroatoms. The summed E-state index contributed by atoms with van der Waals surface area (Å²) < 4.78 is 12.0. The summed E-state index contributed by atoms with van der Waals surface area (Å²) in [4.78, 5) is 49.8. The summed E-state index contributed by atoms with van der Waals surface area (Å²) in [5, 5.41) is 5.22. The standard InChI is InChI=1S/C28H26N4O5S/c1-31-24-15-20(8-9-22(24)32(28(31)36)23-10-11-25(33)30-27(23)35)19-6-2-4-17(12-19)14-26(34)29-21-7-3-5-18(13-21)16-38-37/h2-9,12-13,15,23,37H,10-11,14,16H2,1H3,(H,29,34)(H,30,33,35). The van der Waals surface area contributed by atoms with E-state index in [1.54, 1.807) is 13.1 Å². The number of carbonyl (C=O) groups excluding carboxylic acids is 3. The van der Waals surface area contributed by atoms with E-state index in [-0.39, 0.29) is 36.8 Å². The van der Waals surface area contributed by atoms with E-state index in [1.165, 1.54) is 9.13 Å². The number of fused-ring (bicyclic) bond motifs is 1. The second-order valence-corrected chi connectivity index (χ2v) is 9.83. The number of imide groups is 1. The van der Waals surface area contributed by atoms with Gasteiger partial charge in [0.25, 0.3) is 0 Å². The van der Waals surface area contributed by atoms with Crippen LogP contribution >= 0.6 is 12.0 Å². The van der Waals surface area contributed by atoms with Crippen molar-refractivity contribution in [2.75, 3.05) is 5.32 Å². The molecule has 38 heavy (non-hydrogen) atoms. The van der Waals surface area contributed by atoms with Gasteiger partial charge in [-0.05, 0) is 65.0 Å². The largest absolute Gasteiger partial charge is 0.330 e. The van der Waals surface area contributed by atoms with E-state index < -0.39 is 11.9 Å². The van der Waals surface area contributed by atoms with Crippen LogP contribution in [-0.2, 0) is 33.6 Å². The quantitative estimate of drug-likeness (QED) is 0.246. The van der Waals surface area contributed by atoms with E-state index in [0.717, 1.165) is 34.3 Å². The van der Waals surface area contributed by atoms with Crippen molar-refractivity contribution in [2.45, 2.75) is 31.1 Å². The predicted octanol–water partition coefficient (Wildman–Crippen LogP) is 3.87. The number of rotatable bonds is 7. The number of aromatic nitrogens is 2. The molecule has 1 aliphatic heterocycles. The van der Waals surface area contributed by atoms with Crippen LogP contribution in [0.25, 0.3) is 22.2 Å². The molecule has 3 aromatic carbocycles. The van der Waals surface area contributed by atoms with Crippen LogP contribution < -0.4 is 16.3 Å². The maximum Gasteiger partial charge on any atom is 0.329 e. The fourth-order valence-electron chi connectivity index (χ4n) is 4.84. The lowest BCUT2D eigenvalue weighted by Crippen LogP contribution is -2.44. The van der Waals surface area contributed by atoms with E-state index in [4.69, 9.17) is 4.55 Å². The predicted molar refractivity (Wildman–Crippen MR) is 147 cm³/mol. The SMILES string of the molecule is Cn1c(=O)n(C2CCC(=O)NC2=O)c2ccc(-c3cccc(CC(=O)Nc4cccc(CSO)c4)c3)cc21. The summed E-state index contributed by atoms with van der Waals surface area (Å²) in [6.07, 6.45) is 0.643. The molecule has 1 unspecified atom stereocenters. The molecule has 9 nitrogen and oxygen atoms in total. The highest BCUT2D eigenvalue weighted by Crippen LogP contribution is 2.28. The van der Waals surface area contributed by atoms with E-state index in [0.29, 0.717) is 22.5 Å². The molecule has 1 fully saturated rings. The van der Waals surface area contributed by atoms with Crippen molar-refractivity contribution in [1.82, 2.24) is 14.5 Å². The minimum Gasteiger partial charge on any atom is -0.330 e. The van der Waals surface area contributed by atoms with Gasteiger partial charge in [0.05, 0.1) is 17.5 Å². The van der Waals surface area contributed by atoms with Gasteiger partial charge >= 0.3 is 5.69 Å². The summed E-state index contributed by atoms with van der Waals surface area (Å²) >= 11 is 0.732. The molecule has 3 N–H and O–H groups in total. The van der Waals surface area contributed by atoms with Gasteiger partial charge in [-0.1, -0.05) is 42.5 Å². The number of amides is 3. The van der Waals surface area contributed by atoms with Crippen molar-refractivity contribution in [3.05, 3.63) is 88.3 Å². The first kappa shape index (κ1) is 25.5. The number of piperidine rings is 1. The van der Waals surface area contributed by atoms with Crippen molar-refractivity contribution in [3.8, 4) is 11.1 Å². The number of benzene rings is 3. The monoisotopic (exact) mass is 530 g/mol. The molecular weight excluding hydrogens is 504 g/mol. The lowest BCUT2D eigenvalue weighted by molar-refractivity contribution is -0.135. The van der Waals surface area contributed by atoms with Crippen LogP contribution in [-0.4, -0.2) is 31.4 Å². The van der Waals surface area contributed by atoms with Crippen molar-refractivity contribution in [3.63, 3.8) is 0 Å². The maximum absolute atomic E-state index is 13.0. The lowest BCUT2D eigenvalue weighted by Gasteiger charge is -2.21. The Morgan fingerprint density at radius 1 is 1.00 bits per heavy atom. The molecule has 1 aliphatic rings. The molecule has 0 saturated carbocycles. The zero-order valence-electron chi connectivity index (χ0n) is 20.6. The van der Waals surface area contributed by atoms with Crippen molar-refractivity contribution >= 4 is 46.5 Å². The minimum absolute atomic E-state index is 0.157. The second-order valence-electron chi connectivity index (χ2n) is 9.28. The molecule has 194 valence electrons. The van der Waals surface area contributed by atoms with Crippen molar-refractivity contribution in [1.29, 1.82) is 0 Å². The topological polar surface area (TPSA) is 122 Å². The third-order valence-corrected chi connectivity index (χ3v) is 7.14. The van der Waals surface area contributed by atoms with Crippen LogP contribution in [0.3, 0.4) is 0 Å². The van der Waals surface area contributed by atoms with Crippen LogP contribution in [0.1, 0.15) is 30.0 Å². The van der Waals surface area contributed by atoms with Crippen molar-refractivity contribution < 1.29 is 18.9 Å². The first-order valence-electron chi connectivity index (χ1n) is 12.1. The minimum atomic E-state index is -0.736. The number of hydrogen-bond acceptors (Lipinski definition) is 6. The average molecular weight is 531 g/mol. The van der Waals surface area contributed by atoms with E-state index >= 15 is 0 Å². The van der Waals surface area contributed by atoms with Crippen LogP contribution in [0, 0.1) is 0 Å². The van der Waals surface area contributed by atoms with Crippen LogP contribution in [0.2, 0.25) is 0 Å². The van der Waals surface area contributed by atoms with Gasteiger partial charge in [0, 0.05) is 24.9 Å². The fraction of sp³-hybridized carbons (Fsp3) is 0.214. The highest BCUT2D eigenvalue weighted by Gasteiger charge is 2.31. The Bertz CT molecular complexity index is 1620. The zero-order valence-corrected chi connectivity index (χ0v) is 21.5. The summed E-state index contributed by atoms with van der Waals surface area (Å²) in [6.45, 7) is 0. The number of nitrogens with zero attached hydrogens (tertiary/aromatic N) is 2. The van der Waals surface area contributed by atoms with Crippen LogP contribution in [0.4, 0.5) is 5.69 Å². The average Bonchev–Trinajstić information content (AvgIpc) is 3.14. The molecule has 1 saturated heterocycles. The van der Waals surface area contributed by atoms with Gasteiger partial charge in [-0.3, -0.25) is 28.8 Å². The first-order chi connectivity index (χ1) is 18.3. The first-order valence-corrected chi connectivity index (χ1v) is 13.1. The van der Waals surface area contributed by atoms with Gasteiger partial charge in [-0.15, -0.1) is 0 Å². The Kier molecular flexibility index (Phi) is 7.17. The smallest absolute Gasteiger partial charge is 0.329 e. The molecule has 1 aromatic heterocycles. The lowest BCUT2D eigenvalue weighted by atomic mass is 10.0. The van der Waals surface area contributed by atoms with E-state index in [9.17, 15) is 19.2 Å². The number of hydrogen-bond donors (Lipinski definition) is 3. The van der Waals surface area contributed by atoms with Gasteiger partial charge in [-0.25, -0.2) is 4.79 Å². The molecule has 3 amide bonds. The molecule has 2 heterocycles. The molecule has 0 spiro atoms. The van der Waals surface area contributed by atoms with Crippen LogP contribution in [0.5, 0.6) is 0 Å². The van der Waals surface area contributed by atoms with E-state index in [2.05, 4.69) is 10.6 Å². The van der Waals surface area contributed by atoms with Gasteiger partial charge in [-0.2, -0.15) is 0 Å². The Balaban J connectivity index is 1.38. The maximum atomic E-state index is 13.0. The van der Waals surface area contributed by atoms with E-state index in [1.807, 2.05) is 60.7 Å². The van der Waals surface area contributed by atoms with Gasteiger partial charge in [0.1, 0.15) is 6.04 Å². The van der Waals surface area contributed by atoms with Gasteiger partial charge < -0.3 is 9.87 Å². The summed E-state index contributed by atoms with van der Waals surface area (Å²) in [5.41, 5.74) is 5.13. The van der Waals surface area contributed by atoms with Crippen LogP contribution in [0.15, 0.2) is 71.5 Å². The Morgan fingerprint density at radius 2 is 1.76 bits per heavy atom. The van der Waals surface area contributed by atoms with Gasteiger partial charge in [0.2, 0.25) is 17.7 Å².